The maximum absolute atomic E-state index is 11.3. The fraction of sp³-hybridized carbons (Fsp3) is 0.222. The first-order valence-electron chi connectivity index (χ1n) is 4.67. The fourth-order valence-corrected chi connectivity index (χ4v) is 1.86. The van der Waals surface area contributed by atoms with Gasteiger partial charge in [0, 0.05) is 21.4 Å². The van der Waals surface area contributed by atoms with Crippen LogP contribution in [0.4, 0.5) is 0 Å². The molecule has 0 saturated heterocycles. The Balaban J connectivity index is 0.000000621. The minimum Gasteiger partial charge on any atom is -0.465 e. The lowest BCUT2D eigenvalue weighted by molar-refractivity contribution is 0.0599. The summed E-state index contributed by atoms with van der Waals surface area (Å²) in [5.41, 5.74) is 0.824. The highest BCUT2D eigenvalue weighted by Crippen LogP contribution is 2.19. The van der Waals surface area contributed by atoms with Gasteiger partial charge in [-0.2, -0.15) is 8.42 Å². The molecule has 0 amide bonds. The second-order valence-electron chi connectivity index (χ2n) is 3.32. The summed E-state index contributed by atoms with van der Waals surface area (Å²) in [6, 6.07) is 4.04. The molecule has 0 fully saturated rings. The molecule has 7 nitrogen and oxygen atoms in total. The van der Waals surface area contributed by atoms with E-state index in [0.717, 1.165) is 0 Å². The lowest BCUT2D eigenvalue weighted by Crippen LogP contribution is -2.05. The number of ether oxygens (including phenoxy) is 1. The number of esters is 1. The molecule has 0 spiro atoms. The molecule has 0 unspecified atom stereocenters. The van der Waals surface area contributed by atoms with Crippen molar-refractivity contribution in [3.8, 4) is 0 Å². The predicted octanol–water partition coefficient (Wildman–Crippen LogP) is 1.74. The average Bonchev–Trinajstić information content (AvgIpc) is 2.24. The Morgan fingerprint density at radius 2 is 1.65 bits per heavy atom. The fourth-order valence-electron chi connectivity index (χ4n) is 1.08. The molecule has 0 atom stereocenters. The quantitative estimate of drug-likeness (QED) is 0.482. The number of hydrogen-bond donors (Lipinski definition) is 1. The second-order valence-corrected chi connectivity index (χ2v) is 7.88. The van der Waals surface area contributed by atoms with Crippen LogP contribution >= 0.6 is 21.4 Å². The van der Waals surface area contributed by atoms with Crippen LogP contribution in [0.2, 0.25) is 0 Å². The summed E-state index contributed by atoms with van der Waals surface area (Å²) in [5, 5.41) is 0. The van der Waals surface area contributed by atoms with E-state index in [1.54, 1.807) is 6.92 Å². The predicted molar refractivity (Wildman–Crippen MR) is 73.0 cm³/mol. The minimum absolute atomic E-state index is 0.116. The molecule has 0 heterocycles. The Morgan fingerprint density at radius 3 is 2.00 bits per heavy atom. The zero-order chi connectivity index (χ0) is 16.1. The minimum atomic E-state index is -4.19. The SMILES string of the molecule is COC(=O)c1cc(S(=O)(=O)Cl)ccc1C.O=S(=O)(O)Cl. The average molecular weight is 365 g/mol. The first-order chi connectivity index (χ1) is 8.86. The van der Waals surface area contributed by atoms with Crippen molar-refractivity contribution >= 4 is 45.7 Å². The first-order valence-corrected chi connectivity index (χ1v) is 9.24. The Morgan fingerprint density at radius 1 is 1.20 bits per heavy atom. The van der Waals surface area contributed by atoms with Gasteiger partial charge < -0.3 is 4.74 Å². The second kappa shape index (κ2) is 7.23. The number of carbonyl (C=O) groups is 1. The Labute approximate surface area is 125 Å². The van der Waals surface area contributed by atoms with E-state index in [2.05, 4.69) is 15.4 Å². The molecule has 20 heavy (non-hydrogen) atoms. The summed E-state index contributed by atoms with van der Waals surface area (Å²) in [5.74, 6) is -0.588. The monoisotopic (exact) mass is 364 g/mol. The lowest BCUT2D eigenvalue weighted by atomic mass is 10.1. The molecule has 0 aliphatic heterocycles. The van der Waals surface area contributed by atoms with E-state index < -0.39 is 24.4 Å². The van der Waals surface area contributed by atoms with Gasteiger partial charge in [0.2, 0.25) is 0 Å². The van der Waals surface area contributed by atoms with Crippen LogP contribution in [0.5, 0.6) is 0 Å². The molecule has 0 radical (unpaired) electrons. The van der Waals surface area contributed by atoms with E-state index in [-0.39, 0.29) is 10.5 Å². The van der Waals surface area contributed by atoms with Gasteiger partial charge in [-0.15, -0.1) is 0 Å². The molecule has 1 rings (SSSR count). The van der Waals surface area contributed by atoms with Gasteiger partial charge in [0.25, 0.3) is 9.05 Å². The summed E-state index contributed by atoms with van der Waals surface area (Å²) in [6.45, 7) is 1.68. The highest BCUT2D eigenvalue weighted by atomic mass is 35.7. The summed E-state index contributed by atoms with van der Waals surface area (Å²) >= 11 is 0. The number of carbonyl (C=O) groups excluding carboxylic acids is 1. The zero-order valence-corrected chi connectivity index (χ0v) is 13.3. The van der Waals surface area contributed by atoms with Crippen LogP contribution in [-0.4, -0.2) is 34.5 Å². The van der Waals surface area contributed by atoms with E-state index >= 15 is 0 Å². The van der Waals surface area contributed by atoms with Crippen LogP contribution < -0.4 is 0 Å². The molecule has 1 aromatic carbocycles. The molecule has 0 aliphatic rings. The number of benzene rings is 1. The number of methoxy groups -OCH3 is 1. The molecule has 0 bridgehead atoms. The van der Waals surface area contributed by atoms with Crippen molar-refractivity contribution in [1.82, 2.24) is 0 Å². The van der Waals surface area contributed by atoms with E-state index in [1.165, 1.54) is 25.3 Å². The zero-order valence-electron chi connectivity index (χ0n) is 10.2. The molecule has 0 aromatic heterocycles. The Bertz CT molecular complexity index is 687. The molecule has 0 aliphatic carbocycles. The van der Waals surface area contributed by atoms with Crippen molar-refractivity contribution in [3.63, 3.8) is 0 Å². The van der Waals surface area contributed by atoms with Crippen LogP contribution in [0.3, 0.4) is 0 Å². The van der Waals surface area contributed by atoms with Crippen molar-refractivity contribution in [2.45, 2.75) is 11.8 Å². The maximum Gasteiger partial charge on any atom is 0.353 e. The standard InChI is InChI=1S/C9H9ClO4S.ClHO3S/c1-6-3-4-7(15(10,12)13)5-8(6)9(11)14-2;1-5(2,3)4/h3-5H,1-2H3;(H,2,3,4). The Kier molecular flexibility index (Phi) is 6.91. The molecule has 0 saturated carbocycles. The van der Waals surface area contributed by atoms with Crippen LogP contribution in [0.25, 0.3) is 0 Å². The summed E-state index contributed by atoms with van der Waals surface area (Å²) in [7, 11) is 2.42. The largest absolute Gasteiger partial charge is 0.465 e. The highest BCUT2D eigenvalue weighted by Gasteiger charge is 2.15. The van der Waals surface area contributed by atoms with Crippen molar-refractivity contribution in [2.75, 3.05) is 7.11 Å². The summed E-state index contributed by atoms with van der Waals surface area (Å²) in [4.78, 5) is 11.1. The number of rotatable bonds is 2. The van der Waals surface area contributed by atoms with Crippen LogP contribution in [-0.2, 0) is 23.1 Å². The van der Waals surface area contributed by atoms with Crippen molar-refractivity contribution < 1.29 is 30.9 Å². The highest BCUT2D eigenvalue weighted by molar-refractivity contribution is 8.13. The van der Waals surface area contributed by atoms with E-state index in [0.29, 0.717) is 5.56 Å². The van der Waals surface area contributed by atoms with E-state index in [4.69, 9.17) is 23.7 Å². The van der Waals surface area contributed by atoms with E-state index in [9.17, 15) is 13.2 Å². The maximum atomic E-state index is 11.3. The lowest BCUT2D eigenvalue weighted by Gasteiger charge is -2.04. The molecule has 114 valence electrons. The van der Waals surface area contributed by atoms with Gasteiger partial charge in [-0.05, 0) is 24.6 Å². The molecular formula is C9H10Cl2O7S2. The molecular weight excluding hydrogens is 355 g/mol. The summed E-state index contributed by atoms with van der Waals surface area (Å²) in [6.07, 6.45) is 0. The van der Waals surface area contributed by atoms with Gasteiger partial charge in [-0.3, -0.25) is 4.55 Å². The van der Waals surface area contributed by atoms with Gasteiger partial charge in [0.1, 0.15) is 0 Å². The summed E-state index contributed by atoms with van der Waals surface area (Å²) < 4.78 is 51.7. The van der Waals surface area contributed by atoms with Gasteiger partial charge in [0.15, 0.2) is 0 Å². The normalized spacial score (nSPS) is 11.2. The molecule has 11 heteroatoms. The third-order valence-electron chi connectivity index (χ3n) is 1.90. The molecule has 1 N–H and O–H groups in total. The van der Waals surface area contributed by atoms with Crippen LogP contribution in [0.1, 0.15) is 15.9 Å². The third kappa shape index (κ3) is 7.65. The number of hydrogen-bond acceptors (Lipinski definition) is 6. The van der Waals surface area contributed by atoms with E-state index in [1.807, 2.05) is 0 Å². The van der Waals surface area contributed by atoms with Gasteiger partial charge >= 0.3 is 15.3 Å². The van der Waals surface area contributed by atoms with Crippen LogP contribution in [0.15, 0.2) is 23.1 Å². The van der Waals surface area contributed by atoms with Crippen molar-refractivity contribution in [3.05, 3.63) is 29.3 Å². The number of aryl methyl sites for hydroxylation is 1. The van der Waals surface area contributed by atoms with Crippen LogP contribution in [0, 0.1) is 6.92 Å². The first kappa shape index (κ1) is 19.1. The topological polar surface area (TPSA) is 115 Å². The van der Waals surface area contributed by atoms with Crippen molar-refractivity contribution in [2.24, 2.45) is 0 Å². The van der Waals surface area contributed by atoms with Gasteiger partial charge in [-0.1, -0.05) is 6.07 Å². The third-order valence-corrected chi connectivity index (χ3v) is 3.25. The Hall–Kier alpha value is -0.870. The van der Waals surface area contributed by atoms with Gasteiger partial charge in [0.05, 0.1) is 17.6 Å². The van der Waals surface area contributed by atoms with Crippen molar-refractivity contribution in [1.29, 1.82) is 0 Å². The smallest absolute Gasteiger partial charge is 0.353 e. The molecule has 1 aromatic rings. The number of halogens is 2. The van der Waals surface area contributed by atoms with Gasteiger partial charge in [-0.25, -0.2) is 13.2 Å².